The minimum Gasteiger partial charge on any atom is -0.396 e. The number of piperazine rings is 1. The summed E-state index contributed by atoms with van der Waals surface area (Å²) in [5, 5.41) is 9.44. The molecule has 0 aromatic heterocycles. The predicted molar refractivity (Wildman–Crippen MR) is 100 cm³/mol. The van der Waals surface area contributed by atoms with E-state index in [0.717, 1.165) is 38.9 Å². The van der Waals surface area contributed by atoms with Crippen molar-refractivity contribution in [3.63, 3.8) is 0 Å². The van der Waals surface area contributed by atoms with Crippen LogP contribution in [0.2, 0.25) is 0 Å². The van der Waals surface area contributed by atoms with Crippen LogP contribution in [0.5, 0.6) is 0 Å². The first-order valence-corrected chi connectivity index (χ1v) is 9.96. The molecular formula is C21H32N2O2. The van der Waals surface area contributed by atoms with Crippen LogP contribution in [0.25, 0.3) is 0 Å². The van der Waals surface area contributed by atoms with Crippen LogP contribution in [-0.4, -0.2) is 59.1 Å². The van der Waals surface area contributed by atoms with Crippen molar-refractivity contribution < 1.29 is 9.90 Å². The highest BCUT2D eigenvalue weighted by Gasteiger charge is 2.34. The van der Waals surface area contributed by atoms with Crippen molar-refractivity contribution in [3.05, 3.63) is 35.9 Å². The van der Waals surface area contributed by atoms with Gasteiger partial charge in [-0.25, -0.2) is 0 Å². The number of carbonyl (C=O) groups excluding carboxylic acids is 1. The molecule has 1 N–H and O–H groups in total. The highest BCUT2D eigenvalue weighted by molar-refractivity contribution is 5.76. The molecule has 2 aliphatic rings. The third-order valence-electron chi connectivity index (χ3n) is 5.84. The number of nitrogens with zero attached hydrogens (tertiary/aromatic N) is 2. The highest BCUT2D eigenvalue weighted by Crippen LogP contribution is 2.28. The van der Waals surface area contributed by atoms with E-state index in [2.05, 4.69) is 29.2 Å². The van der Waals surface area contributed by atoms with Gasteiger partial charge in [-0.05, 0) is 37.7 Å². The van der Waals surface area contributed by atoms with Gasteiger partial charge in [0, 0.05) is 44.7 Å². The van der Waals surface area contributed by atoms with E-state index in [1.54, 1.807) is 0 Å². The lowest BCUT2D eigenvalue weighted by molar-refractivity contribution is -0.135. The zero-order chi connectivity index (χ0) is 17.5. The molecule has 1 saturated carbocycles. The molecule has 4 heteroatoms. The Morgan fingerprint density at radius 3 is 2.60 bits per heavy atom. The first-order valence-electron chi connectivity index (χ1n) is 9.96. The van der Waals surface area contributed by atoms with Crippen LogP contribution < -0.4 is 0 Å². The van der Waals surface area contributed by atoms with Crippen molar-refractivity contribution in [1.29, 1.82) is 0 Å². The van der Waals surface area contributed by atoms with E-state index in [1.807, 2.05) is 11.0 Å². The number of carbonyl (C=O) groups is 1. The maximum atomic E-state index is 12.6. The van der Waals surface area contributed by atoms with Gasteiger partial charge in [0.25, 0.3) is 0 Å². The minimum absolute atomic E-state index is 0.212. The molecule has 1 atom stereocenters. The molecule has 1 amide bonds. The Labute approximate surface area is 151 Å². The summed E-state index contributed by atoms with van der Waals surface area (Å²) >= 11 is 0. The zero-order valence-electron chi connectivity index (χ0n) is 15.3. The summed E-state index contributed by atoms with van der Waals surface area (Å²) in [5.74, 6) is 0.282. The molecule has 0 bridgehead atoms. The topological polar surface area (TPSA) is 43.8 Å². The number of hydrogen-bond acceptors (Lipinski definition) is 3. The highest BCUT2D eigenvalue weighted by atomic mass is 16.3. The van der Waals surface area contributed by atoms with Gasteiger partial charge in [-0.15, -0.1) is 0 Å². The van der Waals surface area contributed by atoms with Gasteiger partial charge < -0.3 is 10.0 Å². The Morgan fingerprint density at radius 2 is 1.88 bits per heavy atom. The smallest absolute Gasteiger partial charge is 0.222 e. The molecule has 0 radical (unpaired) electrons. The second kappa shape index (κ2) is 9.35. The molecule has 1 aliphatic heterocycles. The predicted octanol–water partition coefficient (Wildman–Crippen LogP) is 2.85. The van der Waals surface area contributed by atoms with Crippen LogP contribution >= 0.6 is 0 Å². The molecule has 1 aromatic carbocycles. The fraction of sp³-hybridized carbons (Fsp3) is 0.667. The van der Waals surface area contributed by atoms with Gasteiger partial charge in [0.2, 0.25) is 5.91 Å². The first kappa shape index (κ1) is 18.4. The molecule has 1 heterocycles. The van der Waals surface area contributed by atoms with Gasteiger partial charge in [0.15, 0.2) is 0 Å². The number of amides is 1. The summed E-state index contributed by atoms with van der Waals surface area (Å²) in [6.07, 6.45) is 8.52. The number of benzene rings is 1. The van der Waals surface area contributed by atoms with E-state index in [9.17, 15) is 9.90 Å². The largest absolute Gasteiger partial charge is 0.396 e. The third-order valence-corrected chi connectivity index (χ3v) is 5.84. The van der Waals surface area contributed by atoms with E-state index in [1.165, 1.54) is 31.2 Å². The van der Waals surface area contributed by atoms with Crippen LogP contribution in [0.1, 0.15) is 50.5 Å². The Bertz CT molecular complexity index is 528. The van der Waals surface area contributed by atoms with E-state index >= 15 is 0 Å². The molecule has 138 valence electrons. The molecule has 1 aromatic rings. The molecule has 1 aliphatic carbocycles. The zero-order valence-corrected chi connectivity index (χ0v) is 15.3. The lowest BCUT2D eigenvalue weighted by atomic mass is 10.0. The minimum atomic E-state index is 0.212. The Balaban J connectivity index is 1.48. The van der Waals surface area contributed by atoms with Gasteiger partial charge in [-0.1, -0.05) is 43.2 Å². The average molecular weight is 344 g/mol. The number of aryl methyl sites for hydroxylation is 1. The molecule has 2 fully saturated rings. The Hall–Kier alpha value is -1.39. The second-order valence-electron chi connectivity index (χ2n) is 7.52. The lowest BCUT2D eigenvalue weighted by Gasteiger charge is -2.44. The molecule has 3 rings (SSSR count). The van der Waals surface area contributed by atoms with Crippen LogP contribution in [0.15, 0.2) is 30.3 Å². The molecule has 0 spiro atoms. The number of aliphatic hydroxyl groups is 1. The van der Waals surface area contributed by atoms with Crippen LogP contribution in [0.3, 0.4) is 0 Å². The van der Waals surface area contributed by atoms with Gasteiger partial charge in [0.1, 0.15) is 0 Å². The quantitative estimate of drug-likeness (QED) is 0.827. The number of aliphatic hydroxyl groups excluding tert-OH is 1. The molecule has 1 unspecified atom stereocenters. The normalized spacial score (nSPS) is 22.4. The average Bonchev–Trinajstić information content (AvgIpc) is 3.17. The first-order chi connectivity index (χ1) is 12.3. The maximum Gasteiger partial charge on any atom is 0.222 e. The lowest BCUT2D eigenvalue weighted by Crippen LogP contribution is -2.57. The standard InChI is InChI=1S/C21H32N2O2/c24-16-13-20-17-22(14-15-23(20)19-10-4-5-11-19)21(25)12-6-9-18-7-2-1-3-8-18/h1-3,7-8,19-20,24H,4-6,9-17H2. The second-order valence-corrected chi connectivity index (χ2v) is 7.52. The fourth-order valence-corrected chi connectivity index (χ4v) is 4.47. The summed E-state index contributed by atoms with van der Waals surface area (Å²) in [5.41, 5.74) is 1.31. The van der Waals surface area contributed by atoms with E-state index in [-0.39, 0.29) is 12.5 Å². The summed E-state index contributed by atoms with van der Waals surface area (Å²) in [7, 11) is 0. The summed E-state index contributed by atoms with van der Waals surface area (Å²) in [6.45, 7) is 2.83. The maximum absolute atomic E-state index is 12.6. The fourth-order valence-electron chi connectivity index (χ4n) is 4.47. The van der Waals surface area contributed by atoms with Gasteiger partial charge in [0.05, 0.1) is 0 Å². The van der Waals surface area contributed by atoms with Crippen molar-refractivity contribution >= 4 is 5.91 Å². The Kier molecular flexibility index (Phi) is 6.88. The van der Waals surface area contributed by atoms with Gasteiger partial charge in [-0.3, -0.25) is 9.69 Å². The van der Waals surface area contributed by atoms with Crippen molar-refractivity contribution in [3.8, 4) is 0 Å². The molecule has 25 heavy (non-hydrogen) atoms. The summed E-state index contributed by atoms with van der Waals surface area (Å²) in [4.78, 5) is 17.2. The van der Waals surface area contributed by atoms with Gasteiger partial charge in [-0.2, -0.15) is 0 Å². The van der Waals surface area contributed by atoms with E-state index < -0.39 is 0 Å². The monoisotopic (exact) mass is 344 g/mol. The number of rotatable bonds is 7. The molecule has 1 saturated heterocycles. The summed E-state index contributed by atoms with van der Waals surface area (Å²) in [6, 6.07) is 11.4. The van der Waals surface area contributed by atoms with Crippen molar-refractivity contribution in [1.82, 2.24) is 9.80 Å². The van der Waals surface area contributed by atoms with E-state index in [0.29, 0.717) is 18.5 Å². The summed E-state index contributed by atoms with van der Waals surface area (Å²) < 4.78 is 0. The van der Waals surface area contributed by atoms with Crippen LogP contribution in [0, 0.1) is 0 Å². The SMILES string of the molecule is O=C(CCCc1ccccc1)N1CCN(C2CCCC2)C(CCO)C1. The third kappa shape index (κ3) is 5.05. The van der Waals surface area contributed by atoms with Crippen LogP contribution in [-0.2, 0) is 11.2 Å². The van der Waals surface area contributed by atoms with Gasteiger partial charge >= 0.3 is 0 Å². The molecular weight excluding hydrogens is 312 g/mol. The molecule has 4 nitrogen and oxygen atoms in total. The van der Waals surface area contributed by atoms with Crippen molar-refractivity contribution in [2.45, 2.75) is 63.5 Å². The van der Waals surface area contributed by atoms with E-state index in [4.69, 9.17) is 0 Å². The number of hydrogen-bond donors (Lipinski definition) is 1. The Morgan fingerprint density at radius 1 is 1.12 bits per heavy atom. The van der Waals surface area contributed by atoms with Crippen LogP contribution in [0.4, 0.5) is 0 Å². The van der Waals surface area contributed by atoms with Crippen molar-refractivity contribution in [2.75, 3.05) is 26.2 Å². The van der Waals surface area contributed by atoms with Crippen molar-refractivity contribution in [2.24, 2.45) is 0 Å².